The Hall–Kier alpha value is -1.03. The second kappa shape index (κ2) is 6.05. The normalized spacial score (nSPS) is 10.6. The largest absolute Gasteiger partial charge is 0.397 e. The fraction of sp³-hybridized carbons (Fsp3) is 0.462. The van der Waals surface area contributed by atoms with Crippen LogP contribution in [0.4, 0.5) is 11.4 Å². The molecule has 1 amide bonds. The second-order valence-electron chi connectivity index (χ2n) is 4.66. The van der Waals surface area contributed by atoms with Gasteiger partial charge < -0.3 is 11.1 Å². The summed E-state index contributed by atoms with van der Waals surface area (Å²) in [6, 6.07) is 3.76. The van der Waals surface area contributed by atoms with E-state index in [0.29, 0.717) is 23.7 Å². The number of amides is 1. The Morgan fingerprint density at radius 1 is 1.47 bits per heavy atom. The summed E-state index contributed by atoms with van der Waals surface area (Å²) in [6.45, 7) is 6.12. The highest BCUT2D eigenvalue weighted by Crippen LogP contribution is 2.27. The van der Waals surface area contributed by atoms with Gasteiger partial charge in [-0.25, -0.2) is 0 Å². The molecule has 3 N–H and O–H groups in total. The van der Waals surface area contributed by atoms with Crippen molar-refractivity contribution in [2.75, 3.05) is 11.1 Å². The van der Waals surface area contributed by atoms with Crippen LogP contribution in [0.5, 0.6) is 0 Å². The van der Waals surface area contributed by atoms with Crippen LogP contribution in [0.15, 0.2) is 16.6 Å². The molecule has 0 saturated carbocycles. The number of nitrogen functional groups attached to an aromatic ring is 1. The second-order valence-corrected chi connectivity index (χ2v) is 5.58. The van der Waals surface area contributed by atoms with E-state index in [0.717, 1.165) is 16.5 Å². The van der Waals surface area contributed by atoms with Gasteiger partial charge in [0.15, 0.2) is 0 Å². The Labute approximate surface area is 111 Å². The van der Waals surface area contributed by atoms with Gasteiger partial charge in [0.1, 0.15) is 0 Å². The van der Waals surface area contributed by atoms with Crippen molar-refractivity contribution in [1.82, 2.24) is 0 Å². The summed E-state index contributed by atoms with van der Waals surface area (Å²) in [5, 5.41) is 2.85. The Morgan fingerprint density at radius 3 is 2.71 bits per heavy atom. The summed E-state index contributed by atoms with van der Waals surface area (Å²) in [7, 11) is 0. The van der Waals surface area contributed by atoms with Crippen LogP contribution < -0.4 is 11.1 Å². The number of hydrogen-bond donors (Lipinski definition) is 2. The molecule has 0 aromatic heterocycles. The van der Waals surface area contributed by atoms with Gasteiger partial charge in [0.25, 0.3) is 0 Å². The van der Waals surface area contributed by atoms with E-state index in [9.17, 15) is 4.79 Å². The average Bonchev–Trinajstić information content (AvgIpc) is 2.22. The minimum absolute atomic E-state index is 0.0166. The molecule has 0 aliphatic rings. The molecule has 17 heavy (non-hydrogen) atoms. The lowest BCUT2D eigenvalue weighted by Crippen LogP contribution is -2.14. The molecule has 1 aromatic rings. The maximum atomic E-state index is 11.7. The number of halogens is 1. The molecule has 0 aliphatic carbocycles. The average molecular weight is 299 g/mol. The smallest absolute Gasteiger partial charge is 0.224 e. The van der Waals surface area contributed by atoms with Crippen LogP contribution in [0.25, 0.3) is 0 Å². The quantitative estimate of drug-likeness (QED) is 0.833. The Morgan fingerprint density at radius 2 is 2.12 bits per heavy atom. The van der Waals surface area contributed by atoms with E-state index in [1.807, 2.05) is 19.1 Å². The van der Waals surface area contributed by atoms with Crippen LogP contribution in [0.2, 0.25) is 0 Å². The number of rotatable bonds is 4. The lowest BCUT2D eigenvalue weighted by molar-refractivity contribution is -0.116. The molecule has 0 heterocycles. The molecule has 4 heteroatoms. The van der Waals surface area contributed by atoms with Crippen molar-refractivity contribution in [3.8, 4) is 0 Å². The first-order chi connectivity index (χ1) is 7.90. The highest BCUT2D eigenvalue weighted by molar-refractivity contribution is 9.10. The molecule has 0 bridgehead atoms. The van der Waals surface area contributed by atoms with Crippen molar-refractivity contribution in [2.45, 2.75) is 33.6 Å². The van der Waals surface area contributed by atoms with Gasteiger partial charge in [0.2, 0.25) is 5.91 Å². The standard InChI is InChI=1S/C13H19BrN2O/c1-8(2)4-5-12(17)16-11-7-10(14)6-9(3)13(11)15/h6-8H,4-5,15H2,1-3H3,(H,16,17). The van der Waals surface area contributed by atoms with Gasteiger partial charge in [-0.15, -0.1) is 0 Å². The fourth-order valence-corrected chi connectivity index (χ4v) is 2.06. The van der Waals surface area contributed by atoms with Crippen molar-refractivity contribution in [1.29, 1.82) is 0 Å². The number of aryl methyl sites for hydroxylation is 1. The maximum absolute atomic E-state index is 11.7. The molecule has 0 fully saturated rings. The number of carbonyl (C=O) groups is 1. The Balaban J connectivity index is 2.71. The van der Waals surface area contributed by atoms with E-state index in [1.54, 1.807) is 0 Å². The molecule has 94 valence electrons. The van der Waals surface area contributed by atoms with Gasteiger partial charge in [-0.2, -0.15) is 0 Å². The minimum atomic E-state index is 0.0166. The SMILES string of the molecule is Cc1cc(Br)cc(NC(=O)CCC(C)C)c1N. The van der Waals surface area contributed by atoms with E-state index in [-0.39, 0.29) is 5.91 Å². The van der Waals surface area contributed by atoms with Crippen molar-refractivity contribution < 1.29 is 4.79 Å². The number of nitrogens with one attached hydrogen (secondary N) is 1. The van der Waals surface area contributed by atoms with Crippen LogP contribution in [0, 0.1) is 12.8 Å². The third-order valence-corrected chi connectivity index (χ3v) is 3.03. The lowest BCUT2D eigenvalue weighted by Gasteiger charge is -2.11. The zero-order valence-electron chi connectivity index (χ0n) is 10.5. The summed E-state index contributed by atoms with van der Waals surface area (Å²) >= 11 is 3.39. The van der Waals surface area contributed by atoms with E-state index in [1.165, 1.54) is 0 Å². The Bertz CT molecular complexity index is 416. The van der Waals surface area contributed by atoms with Gasteiger partial charge in [-0.05, 0) is 37.0 Å². The summed E-state index contributed by atoms with van der Waals surface area (Å²) < 4.78 is 0.920. The molecule has 1 rings (SSSR count). The molecule has 0 radical (unpaired) electrons. The number of carbonyl (C=O) groups excluding carboxylic acids is 1. The van der Waals surface area contributed by atoms with E-state index in [2.05, 4.69) is 35.1 Å². The van der Waals surface area contributed by atoms with Crippen molar-refractivity contribution in [3.63, 3.8) is 0 Å². The van der Waals surface area contributed by atoms with Crippen LogP contribution in [0.3, 0.4) is 0 Å². The fourth-order valence-electron chi connectivity index (χ4n) is 1.49. The van der Waals surface area contributed by atoms with Gasteiger partial charge in [0, 0.05) is 10.9 Å². The van der Waals surface area contributed by atoms with E-state index in [4.69, 9.17) is 5.73 Å². The lowest BCUT2D eigenvalue weighted by atomic mass is 10.1. The van der Waals surface area contributed by atoms with Crippen LogP contribution >= 0.6 is 15.9 Å². The molecule has 0 unspecified atom stereocenters. The highest BCUT2D eigenvalue weighted by atomic mass is 79.9. The molecule has 0 aliphatic heterocycles. The summed E-state index contributed by atoms with van der Waals surface area (Å²) in [5.74, 6) is 0.547. The molecular formula is C13H19BrN2O. The molecule has 3 nitrogen and oxygen atoms in total. The third-order valence-electron chi connectivity index (χ3n) is 2.57. The first-order valence-electron chi connectivity index (χ1n) is 5.75. The number of hydrogen-bond acceptors (Lipinski definition) is 2. The predicted molar refractivity (Wildman–Crippen MR) is 76.0 cm³/mol. The summed E-state index contributed by atoms with van der Waals surface area (Å²) in [4.78, 5) is 11.7. The minimum Gasteiger partial charge on any atom is -0.397 e. The third kappa shape index (κ3) is 4.38. The number of nitrogens with two attached hydrogens (primary N) is 1. The Kier molecular flexibility index (Phi) is 5.00. The van der Waals surface area contributed by atoms with Gasteiger partial charge >= 0.3 is 0 Å². The van der Waals surface area contributed by atoms with Crippen LogP contribution in [-0.4, -0.2) is 5.91 Å². The van der Waals surface area contributed by atoms with Crippen LogP contribution in [-0.2, 0) is 4.79 Å². The summed E-state index contributed by atoms with van der Waals surface area (Å²) in [5.41, 5.74) is 8.19. The first-order valence-corrected chi connectivity index (χ1v) is 6.55. The topological polar surface area (TPSA) is 55.1 Å². The summed E-state index contributed by atoms with van der Waals surface area (Å²) in [6.07, 6.45) is 1.42. The van der Waals surface area contributed by atoms with Crippen LogP contribution in [0.1, 0.15) is 32.3 Å². The van der Waals surface area contributed by atoms with Gasteiger partial charge in [-0.1, -0.05) is 29.8 Å². The predicted octanol–water partition coefficient (Wildman–Crippen LogP) is 3.71. The van der Waals surface area contributed by atoms with Crippen molar-refractivity contribution >= 4 is 33.2 Å². The molecule has 0 saturated heterocycles. The monoisotopic (exact) mass is 298 g/mol. The number of anilines is 2. The van der Waals surface area contributed by atoms with Crippen molar-refractivity contribution in [2.24, 2.45) is 5.92 Å². The van der Waals surface area contributed by atoms with E-state index >= 15 is 0 Å². The highest BCUT2D eigenvalue weighted by Gasteiger charge is 2.08. The number of benzene rings is 1. The molecule has 0 spiro atoms. The molecule has 0 atom stereocenters. The maximum Gasteiger partial charge on any atom is 0.224 e. The molecule has 1 aromatic carbocycles. The first kappa shape index (κ1) is 14.0. The molecular weight excluding hydrogens is 280 g/mol. The zero-order chi connectivity index (χ0) is 13.0. The van der Waals surface area contributed by atoms with Crippen molar-refractivity contribution in [3.05, 3.63) is 22.2 Å². The van der Waals surface area contributed by atoms with E-state index < -0.39 is 0 Å². The zero-order valence-corrected chi connectivity index (χ0v) is 12.1. The van der Waals surface area contributed by atoms with Gasteiger partial charge in [0.05, 0.1) is 11.4 Å². The van der Waals surface area contributed by atoms with Gasteiger partial charge in [-0.3, -0.25) is 4.79 Å².